The normalized spacial score (nSPS) is 14.2. The molecule has 1 saturated heterocycles. The van der Waals surface area contributed by atoms with Crippen LogP contribution in [0.15, 0.2) is 23.1 Å². The van der Waals surface area contributed by atoms with Crippen LogP contribution in [-0.4, -0.2) is 41.3 Å². The lowest BCUT2D eigenvalue weighted by atomic mass is 10.2. The smallest absolute Gasteiger partial charge is 0.272 e. The summed E-state index contributed by atoms with van der Waals surface area (Å²) < 4.78 is 18.5. The van der Waals surface area contributed by atoms with Crippen molar-refractivity contribution in [3.8, 4) is 11.4 Å². The van der Waals surface area contributed by atoms with Gasteiger partial charge in [0, 0.05) is 30.9 Å². The zero-order chi connectivity index (χ0) is 16.8. The molecular weight excluding hydrogens is 323 g/mol. The van der Waals surface area contributed by atoms with Gasteiger partial charge in [0.05, 0.1) is 13.2 Å². The van der Waals surface area contributed by atoms with Crippen LogP contribution in [0.25, 0.3) is 11.4 Å². The molecule has 0 bridgehead atoms. The molecule has 8 heteroatoms. The van der Waals surface area contributed by atoms with Crippen molar-refractivity contribution in [2.24, 2.45) is 0 Å². The summed E-state index contributed by atoms with van der Waals surface area (Å²) in [6.07, 6.45) is 1.31. The summed E-state index contributed by atoms with van der Waals surface area (Å²) in [5.41, 5.74) is -0.0221. The van der Waals surface area contributed by atoms with Crippen molar-refractivity contribution in [3.63, 3.8) is 0 Å². The molecule has 0 unspecified atom stereocenters. The van der Waals surface area contributed by atoms with E-state index in [1.807, 2.05) is 18.7 Å². The third-order valence-corrected chi connectivity index (χ3v) is 3.50. The van der Waals surface area contributed by atoms with Gasteiger partial charge in [-0.05, 0) is 6.07 Å². The van der Waals surface area contributed by atoms with E-state index in [-0.39, 0.29) is 10.8 Å². The number of nitrogens with one attached hydrogen (secondary N) is 1. The summed E-state index contributed by atoms with van der Waals surface area (Å²) in [7, 11) is 0. The fourth-order valence-corrected chi connectivity index (χ4v) is 2.33. The highest BCUT2D eigenvalue weighted by Gasteiger charge is 2.19. The van der Waals surface area contributed by atoms with Gasteiger partial charge in [-0.25, -0.2) is 9.97 Å². The number of aromatic amines is 1. The largest absolute Gasteiger partial charge is 0.378 e. The number of anilines is 1. The zero-order valence-corrected chi connectivity index (χ0v) is 13.7. The van der Waals surface area contributed by atoms with Crippen molar-refractivity contribution in [3.05, 3.63) is 39.7 Å². The first-order valence-corrected chi connectivity index (χ1v) is 7.77. The molecule has 2 aromatic rings. The Morgan fingerprint density at radius 1 is 1.35 bits per heavy atom. The molecule has 3 rings (SSSR count). The molecule has 0 spiro atoms. The molecule has 23 heavy (non-hydrogen) atoms. The Bertz CT molecular complexity index is 717. The van der Waals surface area contributed by atoms with E-state index in [1.165, 1.54) is 12.3 Å². The summed E-state index contributed by atoms with van der Waals surface area (Å²) in [5.74, 6) is 0.00107. The van der Waals surface area contributed by atoms with Crippen LogP contribution in [0.2, 0.25) is 5.02 Å². The number of hydrogen-bond acceptors (Lipinski definition) is 5. The van der Waals surface area contributed by atoms with Crippen molar-refractivity contribution in [2.75, 3.05) is 31.2 Å². The van der Waals surface area contributed by atoms with Crippen LogP contribution < -0.4 is 10.5 Å². The Morgan fingerprint density at radius 3 is 2.70 bits per heavy atom. The van der Waals surface area contributed by atoms with Gasteiger partial charge in [-0.15, -0.1) is 0 Å². The van der Waals surface area contributed by atoms with Crippen LogP contribution in [0.5, 0.6) is 0 Å². The maximum absolute atomic E-state index is 13.2. The molecule has 1 N–H and O–H groups in total. The fourth-order valence-electron chi connectivity index (χ4n) is 2.12. The Balaban J connectivity index is 0.000000924. The van der Waals surface area contributed by atoms with Gasteiger partial charge in [-0.2, -0.15) is 4.39 Å². The van der Waals surface area contributed by atoms with Crippen LogP contribution >= 0.6 is 11.6 Å². The van der Waals surface area contributed by atoms with E-state index in [4.69, 9.17) is 16.3 Å². The van der Waals surface area contributed by atoms with E-state index in [2.05, 4.69) is 15.0 Å². The number of pyridine rings is 1. The highest BCUT2D eigenvalue weighted by molar-refractivity contribution is 6.32. The maximum atomic E-state index is 13.2. The van der Waals surface area contributed by atoms with Gasteiger partial charge in [-0.1, -0.05) is 25.4 Å². The van der Waals surface area contributed by atoms with E-state index in [1.54, 1.807) is 6.07 Å². The molecule has 1 fully saturated rings. The molecular formula is C15H18ClFN4O2. The SMILES string of the molecule is CC.O=c1[nH]c(-c2ccnc(F)c2)nc(N2CCOCC2)c1Cl. The first-order valence-electron chi connectivity index (χ1n) is 7.39. The summed E-state index contributed by atoms with van der Waals surface area (Å²) in [6, 6.07) is 2.77. The standard InChI is InChI=1S/C13H12ClFN4O2.C2H6/c14-10-12(19-3-5-21-6-4-19)17-11(18-13(10)20)8-1-2-16-9(15)7-8;1-2/h1-2,7H,3-6H2,(H,17,18,20);1-2H3. The van der Waals surface area contributed by atoms with Gasteiger partial charge >= 0.3 is 0 Å². The van der Waals surface area contributed by atoms with Gasteiger partial charge in [-0.3, -0.25) is 4.79 Å². The summed E-state index contributed by atoms with van der Waals surface area (Å²) in [5, 5.41) is 0.0233. The van der Waals surface area contributed by atoms with Crippen molar-refractivity contribution in [1.29, 1.82) is 0 Å². The van der Waals surface area contributed by atoms with Crippen molar-refractivity contribution in [1.82, 2.24) is 15.0 Å². The van der Waals surface area contributed by atoms with E-state index >= 15 is 0 Å². The lowest BCUT2D eigenvalue weighted by Gasteiger charge is -2.28. The lowest BCUT2D eigenvalue weighted by Crippen LogP contribution is -2.38. The van der Waals surface area contributed by atoms with Crippen molar-refractivity contribution in [2.45, 2.75) is 13.8 Å². The first-order chi connectivity index (χ1) is 11.1. The highest BCUT2D eigenvalue weighted by Crippen LogP contribution is 2.23. The third kappa shape index (κ3) is 4.05. The predicted octanol–water partition coefficient (Wildman–Crippen LogP) is 2.49. The molecule has 1 aliphatic heterocycles. The minimum Gasteiger partial charge on any atom is -0.378 e. The Hall–Kier alpha value is -1.99. The number of aromatic nitrogens is 3. The van der Waals surface area contributed by atoms with Crippen LogP contribution in [0.4, 0.5) is 10.2 Å². The molecule has 2 aromatic heterocycles. The average Bonchev–Trinajstić information content (AvgIpc) is 2.60. The molecule has 0 saturated carbocycles. The van der Waals surface area contributed by atoms with Gasteiger partial charge in [0.1, 0.15) is 10.8 Å². The zero-order valence-electron chi connectivity index (χ0n) is 13.0. The monoisotopic (exact) mass is 340 g/mol. The Kier molecular flexibility index (Phi) is 6.06. The average molecular weight is 341 g/mol. The molecule has 0 radical (unpaired) electrons. The van der Waals surface area contributed by atoms with E-state index < -0.39 is 11.5 Å². The number of halogens is 2. The predicted molar refractivity (Wildman–Crippen MR) is 87.4 cm³/mol. The molecule has 1 aliphatic rings. The van der Waals surface area contributed by atoms with E-state index in [0.717, 1.165) is 0 Å². The lowest BCUT2D eigenvalue weighted by molar-refractivity contribution is 0.122. The molecule has 124 valence electrons. The first kappa shape index (κ1) is 17.4. The summed E-state index contributed by atoms with van der Waals surface area (Å²) in [6.45, 7) is 6.29. The van der Waals surface area contributed by atoms with Gasteiger partial charge in [0.25, 0.3) is 5.56 Å². The van der Waals surface area contributed by atoms with E-state index in [0.29, 0.717) is 37.7 Å². The minimum atomic E-state index is -0.641. The summed E-state index contributed by atoms with van der Waals surface area (Å²) in [4.78, 5) is 24.2. The Morgan fingerprint density at radius 2 is 2.04 bits per heavy atom. The molecule has 0 atom stereocenters. The van der Waals surface area contributed by atoms with Gasteiger partial charge < -0.3 is 14.6 Å². The van der Waals surface area contributed by atoms with Gasteiger partial charge in [0.2, 0.25) is 5.95 Å². The summed E-state index contributed by atoms with van der Waals surface area (Å²) >= 11 is 6.04. The fraction of sp³-hybridized carbons (Fsp3) is 0.400. The van der Waals surface area contributed by atoms with Crippen molar-refractivity contribution >= 4 is 17.4 Å². The maximum Gasteiger partial charge on any atom is 0.272 e. The van der Waals surface area contributed by atoms with Crippen molar-refractivity contribution < 1.29 is 9.13 Å². The number of nitrogens with zero attached hydrogens (tertiary/aromatic N) is 3. The second-order valence-corrected chi connectivity index (χ2v) is 4.90. The van der Waals surface area contributed by atoms with Crippen LogP contribution in [0, 0.1) is 5.95 Å². The number of rotatable bonds is 2. The second kappa shape index (κ2) is 8.03. The quantitative estimate of drug-likeness (QED) is 0.850. The molecule has 3 heterocycles. The molecule has 6 nitrogen and oxygen atoms in total. The molecule has 0 amide bonds. The topological polar surface area (TPSA) is 71.1 Å². The third-order valence-electron chi connectivity index (χ3n) is 3.16. The Labute approximate surface area is 138 Å². The number of hydrogen-bond donors (Lipinski definition) is 1. The molecule has 0 aliphatic carbocycles. The highest BCUT2D eigenvalue weighted by atomic mass is 35.5. The molecule has 0 aromatic carbocycles. The van der Waals surface area contributed by atoms with E-state index in [9.17, 15) is 9.18 Å². The van der Waals surface area contributed by atoms with Crippen LogP contribution in [-0.2, 0) is 4.74 Å². The second-order valence-electron chi connectivity index (χ2n) is 4.52. The minimum absolute atomic E-state index is 0.0233. The van der Waals surface area contributed by atoms with Crippen LogP contribution in [0.3, 0.4) is 0 Å². The van der Waals surface area contributed by atoms with Gasteiger partial charge in [0.15, 0.2) is 5.82 Å². The van der Waals surface area contributed by atoms with Crippen LogP contribution in [0.1, 0.15) is 13.8 Å². The number of morpholine rings is 1. The number of H-pyrrole nitrogens is 1. The number of ether oxygens (including phenoxy) is 1.